The molecule has 1 fully saturated rings. The number of anilines is 1. The highest BCUT2D eigenvalue weighted by Crippen LogP contribution is 2.14. The van der Waals surface area contributed by atoms with Crippen molar-refractivity contribution in [3.8, 4) is 6.01 Å². The minimum atomic E-state index is -3.64. The fourth-order valence-electron chi connectivity index (χ4n) is 2.30. The standard InChI is InChI=1S/C15H19N5O4S/c1-23-15-18-13(17-14(19-15)20-7-9-24-10-8-20)11-16-25(21,22)12-5-3-2-4-6-12/h2-6,16H,7-11H2,1H3. The predicted molar refractivity (Wildman–Crippen MR) is 89.9 cm³/mol. The number of methoxy groups -OCH3 is 1. The maximum absolute atomic E-state index is 12.3. The third kappa shape index (κ3) is 4.41. The van der Waals surface area contributed by atoms with Crippen LogP contribution in [-0.4, -0.2) is 56.8 Å². The average molecular weight is 365 g/mol. The van der Waals surface area contributed by atoms with Crippen molar-refractivity contribution in [2.75, 3.05) is 38.3 Å². The molecule has 1 aromatic heterocycles. The molecule has 2 aromatic rings. The van der Waals surface area contributed by atoms with Gasteiger partial charge in [0.1, 0.15) is 0 Å². The van der Waals surface area contributed by atoms with Gasteiger partial charge in [-0.1, -0.05) is 18.2 Å². The highest BCUT2D eigenvalue weighted by molar-refractivity contribution is 7.89. The van der Waals surface area contributed by atoms with Gasteiger partial charge in [0.25, 0.3) is 0 Å². The van der Waals surface area contributed by atoms with Gasteiger partial charge in [0.2, 0.25) is 16.0 Å². The number of nitrogens with one attached hydrogen (secondary N) is 1. The molecule has 134 valence electrons. The topological polar surface area (TPSA) is 107 Å². The third-order valence-electron chi connectivity index (χ3n) is 3.60. The van der Waals surface area contributed by atoms with Crippen molar-refractivity contribution in [3.63, 3.8) is 0 Å². The van der Waals surface area contributed by atoms with E-state index in [1.54, 1.807) is 18.2 Å². The minimum Gasteiger partial charge on any atom is -0.467 e. The van der Waals surface area contributed by atoms with Gasteiger partial charge >= 0.3 is 6.01 Å². The van der Waals surface area contributed by atoms with Gasteiger partial charge in [-0.05, 0) is 12.1 Å². The van der Waals surface area contributed by atoms with Crippen LogP contribution in [0.4, 0.5) is 5.95 Å². The lowest BCUT2D eigenvalue weighted by atomic mass is 10.4. The maximum atomic E-state index is 12.3. The molecule has 9 nitrogen and oxygen atoms in total. The van der Waals surface area contributed by atoms with E-state index in [0.717, 1.165) is 0 Å². The van der Waals surface area contributed by atoms with Crippen LogP contribution in [0.1, 0.15) is 5.82 Å². The van der Waals surface area contributed by atoms with Gasteiger partial charge in [-0.3, -0.25) is 0 Å². The summed E-state index contributed by atoms with van der Waals surface area (Å²) in [5, 5.41) is 0. The molecule has 1 aliphatic heterocycles. The molecule has 0 radical (unpaired) electrons. The summed E-state index contributed by atoms with van der Waals surface area (Å²) in [5.41, 5.74) is 0. The van der Waals surface area contributed by atoms with Crippen LogP contribution in [0, 0.1) is 0 Å². The second kappa shape index (κ2) is 7.72. The summed E-state index contributed by atoms with van der Waals surface area (Å²) in [6.45, 7) is 2.42. The molecular formula is C15H19N5O4S. The molecule has 1 saturated heterocycles. The summed E-state index contributed by atoms with van der Waals surface area (Å²) in [5.74, 6) is 0.733. The van der Waals surface area contributed by atoms with Crippen LogP contribution in [0.3, 0.4) is 0 Å². The van der Waals surface area contributed by atoms with Gasteiger partial charge in [0.15, 0.2) is 5.82 Å². The monoisotopic (exact) mass is 365 g/mol. The molecule has 1 aliphatic rings. The molecule has 0 unspecified atom stereocenters. The van der Waals surface area contributed by atoms with Gasteiger partial charge in [0.05, 0.1) is 31.8 Å². The van der Waals surface area contributed by atoms with E-state index >= 15 is 0 Å². The predicted octanol–water partition coefficient (Wildman–Crippen LogP) is 0.195. The molecule has 0 saturated carbocycles. The van der Waals surface area contributed by atoms with Crippen molar-refractivity contribution in [2.45, 2.75) is 11.4 Å². The zero-order valence-corrected chi connectivity index (χ0v) is 14.6. The Morgan fingerprint density at radius 2 is 1.88 bits per heavy atom. The van der Waals surface area contributed by atoms with E-state index in [1.165, 1.54) is 19.2 Å². The van der Waals surface area contributed by atoms with Gasteiger partial charge in [-0.15, -0.1) is 0 Å². The first-order valence-electron chi connectivity index (χ1n) is 7.75. The minimum absolute atomic E-state index is 0.0621. The Morgan fingerprint density at radius 3 is 2.56 bits per heavy atom. The Hall–Kier alpha value is -2.30. The SMILES string of the molecule is COc1nc(CNS(=O)(=O)c2ccccc2)nc(N2CCOCC2)n1. The maximum Gasteiger partial charge on any atom is 0.321 e. The molecule has 0 aliphatic carbocycles. The second-order valence-corrected chi connectivity index (χ2v) is 7.04. The van der Waals surface area contributed by atoms with Crippen molar-refractivity contribution in [1.29, 1.82) is 0 Å². The zero-order valence-electron chi connectivity index (χ0n) is 13.8. The Labute approximate surface area is 146 Å². The van der Waals surface area contributed by atoms with E-state index in [1.807, 2.05) is 4.90 Å². The molecule has 0 amide bonds. The third-order valence-corrected chi connectivity index (χ3v) is 5.02. The molecule has 2 heterocycles. The summed E-state index contributed by atoms with van der Waals surface area (Å²) in [6, 6.07) is 8.27. The summed E-state index contributed by atoms with van der Waals surface area (Å²) in [6.07, 6.45) is 0. The van der Waals surface area contributed by atoms with Crippen LogP contribution >= 0.6 is 0 Å². The Bertz CT molecular complexity index is 810. The van der Waals surface area contributed by atoms with Crippen molar-refractivity contribution in [2.24, 2.45) is 0 Å². The number of benzene rings is 1. The van der Waals surface area contributed by atoms with Crippen LogP contribution in [0.5, 0.6) is 6.01 Å². The van der Waals surface area contributed by atoms with Gasteiger partial charge < -0.3 is 14.4 Å². The van der Waals surface area contributed by atoms with Crippen molar-refractivity contribution >= 4 is 16.0 Å². The van der Waals surface area contributed by atoms with E-state index < -0.39 is 10.0 Å². The Kier molecular flexibility index (Phi) is 5.41. The fourth-order valence-corrected chi connectivity index (χ4v) is 3.31. The Balaban J connectivity index is 1.77. The molecule has 1 N–H and O–H groups in total. The van der Waals surface area contributed by atoms with Crippen molar-refractivity contribution in [1.82, 2.24) is 19.7 Å². The van der Waals surface area contributed by atoms with Crippen LogP contribution in [0.15, 0.2) is 35.2 Å². The largest absolute Gasteiger partial charge is 0.467 e. The van der Waals surface area contributed by atoms with Gasteiger partial charge in [-0.2, -0.15) is 15.0 Å². The molecule has 25 heavy (non-hydrogen) atoms. The smallest absolute Gasteiger partial charge is 0.321 e. The number of morpholine rings is 1. The summed E-state index contributed by atoms with van der Waals surface area (Å²) in [4.78, 5) is 14.8. The molecular weight excluding hydrogens is 346 g/mol. The lowest BCUT2D eigenvalue weighted by Gasteiger charge is -2.26. The number of rotatable bonds is 6. The molecule has 1 aromatic carbocycles. The number of aromatic nitrogens is 3. The van der Waals surface area contributed by atoms with E-state index in [-0.39, 0.29) is 23.3 Å². The lowest BCUT2D eigenvalue weighted by Crippen LogP contribution is -2.37. The second-order valence-electron chi connectivity index (χ2n) is 5.28. The molecule has 0 bridgehead atoms. The highest BCUT2D eigenvalue weighted by Gasteiger charge is 2.18. The number of hydrogen-bond donors (Lipinski definition) is 1. The molecule has 3 rings (SSSR count). The summed E-state index contributed by atoms with van der Waals surface area (Å²) >= 11 is 0. The van der Waals surface area contributed by atoms with Crippen LogP contribution in [-0.2, 0) is 21.3 Å². The number of hydrogen-bond acceptors (Lipinski definition) is 8. The summed E-state index contributed by atoms with van der Waals surface area (Å²) < 4.78 is 37.5. The van der Waals surface area contributed by atoms with E-state index in [0.29, 0.717) is 32.3 Å². The van der Waals surface area contributed by atoms with Crippen molar-refractivity contribution in [3.05, 3.63) is 36.2 Å². The zero-order chi connectivity index (χ0) is 17.7. The average Bonchev–Trinajstić information content (AvgIpc) is 2.67. The molecule has 10 heteroatoms. The van der Waals surface area contributed by atoms with Crippen LogP contribution < -0.4 is 14.4 Å². The quantitative estimate of drug-likeness (QED) is 0.773. The number of nitrogens with zero attached hydrogens (tertiary/aromatic N) is 4. The Morgan fingerprint density at radius 1 is 1.16 bits per heavy atom. The van der Waals surface area contributed by atoms with Crippen LogP contribution in [0.25, 0.3) is 0 Å². The lowest BCUT2D eigenvalue weighted by molar-refractivity contribution is 0.122. The van der Waals surface area contributed by atoms with E-state index in [9.17, 15) is 8.42 Å². The highest BCUT2D eigenvalue weighted by atomic mass is 32.2. The fraction of sp³-hybridized carbons (Fsp3) is 0.400. The van der Waals surface area contributed by atoms with Crippen LogP contribution in [0.2, 0.25) is 0 Å². The normalized spacial score (nSPS) is 15.2. The molecule has 0 atom stereocenters. The van der Waals surface area contributed by atoms with Gasteiger partial charge in [-0.25, -0.2) is 13.1 Å². The molecule has 0 spiro atoms. The van der Waals surface area contributed by atoms with Gasteiger partial charge in [0, 0.05) is 13.1 Å². The van der Waals surface area contributed by atoms with E-state index in [2.05, 4.69) is 19.7 Å². The van der Waals surface area contributed by atoms with Crippen molar-refractivity contribution < 1.29 is 17.9 Å². The first kappa shape index (κ1) is 17.5. The van der Waals surface area contributed by atoms with E-state index in [4.69, 9.17) is 9.47 Å². The number of ether oxygens (including phenoxy) is 2. The number of sulfonamides is 1. The first-order valence-corrected chi connectivity index (χ1v) is 9.23. The first-order chi connectivity index (χ1) is 12.1. The summed E-state index contributed by atoms with van der Waals surface area (Å²) in [7, 11) is -2.19.